The van der Waals surface area contributed by atoms with Gasteiger partial charge in [-0.2, -0.15) is 5.10 Å². The van der Waals surface area contributed by atoms with E-state index < -0.39 is 0 Å². The minimum Gasteiger partial charge on any atom is -0.298 e. The van der Waals surface area contributed by atoms with Crippen LogP contribution in [0.25, 0.3) is 0 Å². The van der Waals surface area contributed by atoms with Gasteiger partial charge in [0.25, 0.3) is 0 Å². The molecule has 1 fully saturated rings. The zero-order valence-corrected chi connectivity index (χ0v) is 13.1. The molecule has 0 N–H and O–H groups in total. The van der Waals surface area contributed by atoms with Crippen molar-refractivity contribution >= 4 is 5.78 Å². The van der Waals surface area contributed by atoms with Crippen molar-refractivity contribution in [2.75, 3.05) is 13.1 Å². The highest BCUT2D eigenvalue weighted by Crippen LogP contribution is 2.37. The Labute approximate surface area is 122 Å². The lowest BCUT2D eigenvalue weighted by atomic mass is 9.86. The summed E-state index contributed by atoms with van der Waals surface area (Å²) in [6, 6.07) is 2.01. The molecule has 1 aliphatic rings. The van der Waals surface area contributed by atoms with E-state index in [1.165, 1.54) is 12.8 Å². The van der Waals surface area contributed by atoms with E-state index in [-0.39, 0.29) is 5.54 Å². The average Bonchev–Trinajstić information content (AvgIpc) is 3.08. The van der Waals surface area contributed by atoms with Crippen LogP contribution in [0.1, 0.15) is 51.6 Å². The molecule has 0 aromatic carbocycles. The summed E-state index contributed by atoms with van der Waals surface area (Å²) in [6.07, 6.45) is 7.70. The first-order valence-electron chi connectivity index (χ1n) is 7.89. The molecule has 0 bridgehead atoms. The minimum atomic E-state index is -0.178. The van der Waals surface area contributed by atoms with Gasteiger partial charge in [0, 0.05) is 25.4 Å². The quantitative estimate of drug-likeness (QED) is 0.769. The second-order valence-corrected chi connectivity index (χ2v) is 5.78. The van der Waals surface area contributed by atoms with Crippen molar-refractivity contribution in [1.82, 2.24) is 14.7 Å². The summed E-state index contributed by atoms with van der Waals surface area (Å²) in [5.74, 6) is 0.430. The first-order valence-corrected chi connectivity index (χ1v) is 7.89. The van der Waals surface area contributed by atoms with Gasteiger partial charge in [-0.1, -0.05) is 26.7 Å². The zero-order valence-electron chi connectivity index (χ0n) is 13.1. The number of ketones is 1. The smallest absolute Gasteiger partial charge is 0.153 e. The van der Waals surface area contributed by atoms with E-state index in [1.807, 2.05) is 17.8 Å². The molecule has 0 radical (unpaired) electrons. The van der Waals surface area contributed by atoms with Crippen LogP contribution in [0.4, 0.5) is 0 Å². The standard InChI is InChI=1S/C16H27N3O/c1-4-19(5-2)16(11-6-7-12-16)15(20)9-8-14-10-13-17-18(14)3/h10,13H,4-9,11-12H2,1-3H3. The van der Waals surface area contributed by atoms with E-state index in [4.69, 9.17) is 0 Å². The van der Waals surface area contributed by atoms with Gasteiger partial charge < -0.3 is 0 Å². The maximum Gasteiger partial charge on any atom is 0.153 e. The Morgan fingerprint density at radius 1 is 1.35 bits per heavy atom. The molecule has 0 amide bonds. The maximum absolute atomic E-state index is 12.9. The van der Waals surface area contributed by atoms with Crippen molar-refractivity contribution in [3.63, 3.8) is 0 Å². The molecule has 2 rings (SSSR count). The number of carbonyl (C=O) groups excluding carboxylic acids is 1. The summed E-state index contributed by atoms with van der Waals surface area (Å²) in [5.41, 5.74) is 0.966. The molecule has 20 heavy (non-hydrogen) atoms. The van der Waals surface area contributed by atoms with Crippen molar-refractivity contribution in [1.29, 1.82) is 0 Å². The Bertz CT molecular complexity index is 442. The van der Waals surface area contributed by atoms with Gasteiger partial charge in [0.15, 0.2) is 5.78 Å². The van der Waals surface area contributed by atoms with E-state index in [9.17, 15) is 4.79 Å². The molecular formula is C16H27N3O. The summed E-state index contributed by atoms with van der Waals surface area (Å²) in [6.45, 7) is 6.26. The first-order chi connectivity index (χ1) is 9.64. The van der Waals surface area contributed by atoms with E-state index in [0.717, 1.165) is 38.0 Å². The predicted octanol–water partition coefficient (Wildman–Crippen LogP) is 2.58. The molecule has 0 spiro atoms. The van der Waals surface area contributed by atoms with Crippen LogP contribution in [0.3, 0.4) is 0 Å². The Hall–Kier alpha value is -1.16. The van der Waals surface area contributed by atoms with Crippen LogP contribution in [0.15, 0.2) is 12.3 Å². The number of hydrogen-bond acceptors (Lipinski definition) is 3. The van der Waals surface area contributed by atoms with Gasteiger partial charge in [-0.3, -0.25) is 14.4 Å². The van der Waals surface area contributed by atoms with Gasteiger partial charge in [0.2, 0.25) is 0 Å². The molecule has 0 atom stereocenters. The predicted molar refractivity (Wildman–Crippen MR) is 80.7 cm³/mol. The number of hydrogen-bond donors (Lipinski definition) is 0. The van der Waals surface area contributed by atoms with Crippen LogP contribution in [0.5, 0.6) is 0 Å². The molecule has 1 aliphatic carbocycles. The fraction of sp³-hybridized carbons (Fsp3) is 0.750. The zero-order chi connectivity index (χ0) is 14.6. The van der Waals surface area contributed by atoms with Crippen molar-refractivity contribution in [2.45, 2.75) is 57.9 Å². The lowest BCUT2D eigenvalue weighted by Gasteiger charge is -2.39. The molecular weight excluding hydrogens is 250 g/mol. The number of rotatable bonds is 7. The van der Waals surface area contributed by atoms with Crippen molar-refractivity contribution in [2.24, 2.45) is 7.05 Å². The van der Waals surface area contributed by atoms with E-state index >= 15 is 0 Å². The summed E-state index contributed by atoms with van der Waals surface area (Å²) >= 11 is 0. The van der Waals surface area contributed by atoms with Crippen LogP contribution in [0, 0.1) is 0 Å². The van der Waals surface area contributed by atoms with Gasteiger partial charge in [0.05, 0.1) is 5.54 Å². The Morgan fingerprint density at radius 2 is 2.00 bits per heavy atom. The lowest BCUT2D eigenvalue weighted by Crippen LogP contribution is -2.52. The summed E-state index contributed by atoms with van der Waals surface area (Å²) in [7, 11) is 1.94. The number of Topliss-reactive ketones (excluding diaryl/α,β-unsaturated/α-hetero) is 1. The highest BCUT2D eigenvalue weighted by atomic mass is 16.1. The molecule has 1 aromatic rings. The second-order valence-electron chi connectivity index (χ2n) is 5.78. The lowest BCUT2D eigenvalue weighted by molar-refractivity contribution is -0.131. The van der Waals surface area contributed by atoms with Gasteiger partial charge in [0.1, 0.15) is 0 Å². The van der Waals surface area contributed by atoms with Gasteiger partial charge in [-0.05, 0) is 38.4 Å². The highest BCUT2D eigenvalue weighted by Gasteiger charge is 2.43. The summed E-state index contributed by atoms with van der Waals surface area (Å²) in [5, 5.41) is 4.17. The third-order valence-electron chi connectivity index (χ3n) is 4.85. The topological polar surface area (TPSA) is 38.1 Å². The van der Waals surface area contributed by atoms with Crippen molar-refractivity contribution in [3.8, 4) is 0 Å². The van der Waals surface area contributed by atoms with Crippen molar-refractivity contribution < 1.29 is 4.79 Å². The van der Waals surface area contributed by atoms with Crippen molar-refractivity contribution in [3.05, 3.63) is 18.0 Å². The minimum absolute atomic E-state index is 0.178. The number of aromatic nitrogens is 2. The first kappa shape index (κ1) is 15.2. The largest absolute Gasteiger partial charge is 0.298 e. The van der Waals surface area contributed by atoms with Crippen LogP contribution < -0.4 is 0 Å². The summed E-state index contributed by atoms with van der Waals surface area (Å²) in [4.78, 5) is 15.2. The maximum atomic E-state index is 12.9. The van der Waals surface area contributed by atoms with Crippen LogP contribution in [-0.4, -0.2) is 39.1 Å². The second kappa shape index (κ2) is 6.53. The van der Waals surface area contributed by atoms with Crippen LogP contribution in [-0.2, 0) is 18.3 Å². The Kier molecular flexibility index (Phi) is 4.97. The Balaban J connectivity index is 2.06. The Morgan fingerprint density at radius 3 is 2.50 bits per heavy atom. The molecule has 4 nitrogen and oxygen atoms in total. The summed E-state index contributed by atoms with van der Waals surface area (Å²) < 4.78 is 1.87. The molecule has 1 saturated carbocycles. The molecule has 112 valence electrons. The molecule has 0 saturated heterocycles. The van der Waals surface area contributed by atoms with Crippen LogP contribution in [0.2, 0.25) is 0 Å². The molecule has 4 heteroatoms. The number of aryl methyl sites for hydroxylation is 2. The monoisotopic (exact) mass is 277 g/mol. The van der Waals surface area contributed by atoms with Gasteiger partial charge in [-0.15, -0.1) is 0 Å². The van der Waals surface area contributed by atoms with Gasteiger partial charge in [-0.25, -0.2) is 0 Å². The third kappa shape index (κ3) is 2.80. The SMILES string of the molecule is CCN(CC)C1(C(=O)CCc2ccnn2C)CCCC1. The molecule has 1 heterocycles. The van der Waals surface area contributed by atoms with E-state index in [1.54, 1.807) is 6.20 Å². The number of nitrogens with zero attached hydrogens (tertiary/aromatic N) is 3. The van der Waals surface area contributed by atoms with E-state index in [0.29, 0.717) is 12.2 Å². The van der Waals surface area contributed by atoms with Gasteiger partial charge >= 0.3 is 0 Å². The normalized spacial score (nSPS) is 17.8. The van der Waals surface area contributed by atoms with E-state index in [2.05, 4.69) is 23.8 Å². The molecule has 0 aliphatic heterocycles. The van der Waals surface area contributed by atoms with Crippen LogP contribution >= 0.6 is 0 Å². The number of carbonyl (C=O) groups is 1. The fourth-order valence-corrected chi connectivity index (χ4v) is 3.68. The molecule has 0 unspecified atom stereocenters. The number of likely N-dealkylation sites (N-methyl/N-ethyl adjacent to an activating group) is 1. The fourth-order valence-electron chi connectivity index (χ4n) is 3.68. The molecule has 1 aromatic heterocycles. The average molecular weight is 277 g/mol. The third-order valence-corrected chi connectivity index (χ3v) is 4.85. The highest BCUT2D eigenvalue weighted by molar-refractivity contribution is 5.88.